The molecule has 1 saturated heterocycles. The van der Waals surface area contributed by atoms with Gasteiger partial charge in [0, 0.05) is 44.9 Å². The van der Waals surface area contributed by atoms with E-state index in [1.165, 1.54) is 4.90 Å². The summed E-state index contributed by atoms with van der Waals surface area (Å²) in [6.07, 6.45) is 3.55. The minimum Gasteiger partial charge on any atom is -0.457 e. The monoisotopic (exact) mass is 531 g/mol. The van der Waals surface area contributed by atoms with Crippen molar-refractivity contribution in [2.75, 3.05) is 26.7 Å². The van der Waals surface area contributed by atoms with Crippen LogP contribution in [0.1, 0.15) is 33.5 Å². The van der Waals surface area contributed by atoms with E-state index in [1.54, 1.807) is 35.0 Å². The van der Waals surface area contributed by atoms with Gasteiger partial charge in [-0.1, -0.05) is 18.2 Å². The van der Waals surface area contributed by atoms with E-state index < -0.39 is 12.1 Å². The van der Waals surface area contributed by atoms with Crippen molar-refractivity contribution in [3.8, 4) is 11.5 Å². The molecule has 10 heteroatoms. The molecule has 10 nitrogen and oxygen atoms in total. The van der Waals surface area contributed by atoms with Crippen molar-refractivity contribution in [1.29, 1.82) is 0 Å². The number of benzene rings is 2. The Morgan fingerprint density at radius 2 is 1.97 bits per heavy atom. The Balaban J connectivity index is 1.35. The molecule has 3 heterocycles. The minimum atomic E-state index is -0.407. The van der Waals surface area contributed by atoms with Crippen LogP contribution in [0.15, 0.2) is 54.9 Å². The summed E-state index contributed by atoms with van der Waals surface area (Å²) in [5.74, 6) is 0.561. The van der Waals surface area contributed by atoms with Crippen molar-refractivity contribution in [3.63, 3.8) is 0 Å². The highest BCUT2D eigenvalue weighted by atomic mass is 16.5. The Bertz CT molecular complexity index is 1390. The third-order valence-corrected chi connectivity index (χ3v) is 7.04. The number of amides is 3. The van der Waals surface area contributed by atoms with Gasteiger partial charge in [0.05, 0.1) is 31.5 Å². The van der Waals surface area contributed by atoms with Gasteiger partial charge in [-0.15, -0.1) is 0 Å². The van der Waals surface area contributed by atoms with Gasteiger partial charge in [-0.25, -0.2) is 0 Å². The van der Waals surface area contributed by atoms with E-state index in [0.29, 0.717) is 49.7 Å². The summed E-state index contributed by atoms with van der Waals surface area (Å²) in [6.45, 7) is 5.20. The lowest BCUT2D eigenvalue weighted by Crippen LogP contribution is -2.48. The predicted octanol–water partition coefficient (Wildman–Crippen LogP) is 2.68. The first-order valence-corrected chi connectivity index (χ1v) is 13.1. The second-order valence-electron chi connectivity index (χ2n) is 10.2. The van der Waals surface area contributed by atoms with Gasteiger partial charge in [0.2, 0.25) is 11.8 Å². The first-order chi connectivity index (χ1) is 18.7. The summed E-state index contributed by atoms with van der Waals surface area (Å²) in [7, 11) is 1.59. The lowest BCUT2D eigenvalue weighted by atomic mass is 10.1. The van der Waals surface area contributed by atoms with E-state index in [1.807, 2.05) is 50.4 Å². The molecule has 3 aromatic rings. The van der Waals surface area contributed by atoms with Crippen LogP contribution in [0, 0.1) is 13.8 Å². The highest BCUT2D eigenvalue weighted by Gasteiger charge is 2.37. The molecule has 2 aliphatic heterocycles. The molecular weight excluding hydrogens is 498 g/mol. The summed E-state index contributed by atoms with van der Waals surface area (Å²) in [4.78, 5) is 42.2. The van der Waals surface area contributed by atoms with E-state index in [9.17, 15) is 14.4 Å². The summed E-state index contributed by atoms with van der Waals surface area (Å²) in [6, 6.07) is 12.4. The van der Waals surface area contributed by atoms with Crippen molar-refractivity contribution in [3.05, 3.63) is 77.1 Å². The van der Waals surface area contributed by atoms with Crippen LogP contribution < -0.4 is 10.1 Å². The van der Waals surface area contributed by atoms with Crippen LogP contribution in [0.2, 0.25) is 0 Å². The highest BCUT2D eigenvalue weighted by molar-refractivity contribution is 5.96. The number of nitrogens with zero attached hydrogens (tertiary/aromatic N) is 4. The number of ether oxygens (including phenoxy) is 2. The summed E-state index contributed by atoms with van der Waals surface area (Å²) in [5.41, 5.74) is 3.25. The van der Waals surface area contributed by atoms with Crippen LogP contribution in [-0.2, 0) is 27.5 Å². The fourth-order valence-electron chi connectivity index (χ4n) is 4.87. The van der Waals surface area contributed by atoms with Crippen molar-refractivity contribution in [2.45, 2.75) is 45.6 Å². The van der Waals surface area contributed by atoms with E-state index in [-0.39, 0.29) is 24.3 Å². The predicted molar refractivity (Wildman–Crippen MR) is 143 cm³/mol. The molecule has 39 heavy (non-hydrogen) atoms. The number of hydrogen-bond acceptors (Lipinski definition) is 6. The number of fused-ring (bicyclic) bond motifs is 5. The molecule has 5 rings (SSSR count). The molecule has 0 aliphatic carbocycles. The zero-order valence-electron chi connectivity index (χ0n) is 22.4. The number of carbonyl (C=O) groups is 3. The van der Waals surface area contributed by atoms with Gasteiger partial charge in [-0.3, -0.25) is 19.1 Å². The Hall–Kier alpha value is -4.18. The Kier molecular flexibility index (Phi) is 7.65. The Morgan fingerprint density at radius 3 is 2.77 bits per heavy atom. The first-order valence-electron chi connectivity index (χ1n) is 13.1. The second-order valence-corrected chi connectivity index (χ2v) is 10.2. The maximum absolute atomic E-state index is 13.1. The zero-order chi connectivity index (χ0) is 27.5. The van der Waals surface area contributed by atoms with Gasteiger partial charge >= 0.3 is 0 Å². The molecule has 1 fully saturated rings. The molecule has 0 radical (unpaired) electrons. The Morgan fingerprint density at radius 1 is 1.13 bits per heavy atom. The number of carbonyl (C=O) groups excluding carboxylic acids is 3. The fourth-order valence-corrected chi connectivity index (χ4v) is 4.87. The molecule has 3 amide bonds. The van der Waals surface area contributed by atoms with Crippen LogP contribution in [0.5, 0.6) is 11.5 Å². The van der Waals surface area contributed by atoms with Gasteiger partial charge in [0.1, 0.15) is 11.5 Å². The molecule has 4 bridgehead atoms. The maximum Gasteiger partial charge on any atom is 0.254 e. The molecule has 0 saturated carbocycles. The fraction of sp³-hybridized carbons (Fsp3) is 0.379. The number of hydrogen-bond donors (Lipinski definition) is 1. The van der Waals surface area contributed by atoms with E-state index in [4.69, 9.17) is 9.47 Å². The van der Waals surface area contributed by atoms with Gasteiger partial charge in [0.15, 0.2) is 0 Å². The number of likely N-dealkylation sites (N-methyl/N-ethyl adjacent to an activating group) is 1. The van der Waals surface area contributed by atoms with Crippen molar-refractivity contribution >= 4 is 17.7 Å². The molecule has 204 valence electrons. The number of aromatic nitrogens is 2. The SMILES string of the molecule is Cc1cnn(CCC(=O)N2C[C@@H]3NC(=O)CN(C)C(=O)c4ccc(C)c(c4)Oc4cccc(c4)CO[C@H]3C2)c1. The van der Waals surface area contributed by atoms with Gasteiger partial charge in [-0.05, 0) is 54.8 Å². The third kappa shape index (κ3) is 6.28. The quantitative estimate of drug-likeness (QED) is 0.557. The standard InChI is InChI=1S/C29H33N5O5/c1-19-13-30-34(14-19)10-9-28(36)33-15-24-26(16-33)38-18-21-5-4-6-23(11-21)39-25-12-22(8-7-20(25)2)29(37)32(3)17-27(35)31-24/h4-8,11-14,24,26H,9-10,15-18H2,1-3H3,(H,31,35)/t24-,26-/m0/s1. The summed E-state index contributed by atoms with van der Waals surface area (Å²) < 4.78 is 14.1. The van der Waals surface area contributed by atoms with E-state index >= 15 is 0 Å². The minimum absolute atomic E-state index is 0.0308. The van der Waals surface area contributed by atoms with Gasteiger partial charge in [-0.2, -0.15) is 5.10 Å². The second kappa shape index (κ2) is 11.3. The lowest BCUT2D eigenvalue weighted by Gasteiger charge is -2.23. The number of nitrogens with one attached hydrogen (secondary N) is 1. The first kappa shape index (κ1) is 26.4. The third-order valence-electron chi connectivity index (χ3n) is 7.04. The zero-order valence-corrected chi connectivity index (χ0v) is 22.4. The van der Waals surface area contributed by atoms with Crippen molar-refractivity contribution < 1.29 is 23.9 Å². The molecular formula is C29H33N5O5. The average Bonchev–Trinajstić information content (AvgIpc) is 3.52. The van der Waals surface area contributed by atoms with Crippen molar-refractivity contribution in [2.24, 2.45) is 0 Å². The highest BCUT2D eigenvalue weighted by Crippen LogP contribution is 2.28. The molecule has 1 aromatic heterocycles. The van der Waals surface area contributed by atoms with Crippen LogP contribution in [0.4, 0.5) is 0 Å². The molecule has 2 aromatic carbocycles. The van der Waals surface area contributed by atoms with E-state index in [2.05, 4.69) is 10.4 Å². The summed E-state index contributed by atoms with van der Waals surface area (Å²) >= 11 is 0. The molecule has 2 atom stereocenters. The number of likely N-dealkylation sites (tertiary alicyclic amines) is 1. The molecule has 0 unspecified atom stereocenters. The van der Waals surface area contributed by atoms with Crippen LogP contribution in [0.3, 0.4) is 0 Å². The van der Waals surface area contributed by atoms with E-state index in [0.717, 1.165) is 16.7 Å². The maximum atomic E-state index is 13.1. The Labute approximate surface area is 227 Å². The van der Waals surface area contributed by atoms with Crippen molar-refractivity contribution in [1.82, 2.24) is 24.9 Å². The molecule has 0 spiro atoms. The topological polar surface area (TPSA) is 106 Å². The molecule has 1 N–H and O–H groups in total. The lowest BCUT2D eigenvalue weighted by molar-refractivity contribution is -0.131. The average molecular weight is 532 g/mol. The van der Waals surface area contributed by atoms with Gasteiger partial charge in [0.25, 0.3) is 5.91 Å². The number of rotatable bonds is 3. The van der Waals surface area contributed by atoms with Crippen LogP contribution >= 0.6 is 0 Å². The van der Waals surface area contributed by atoms with Crippen LogP contribution in [0.25, 0.3) is 0 Å². The van der Waals surface area contributed by atoms with Gasteiger partial charge < -0.3 is 24.6 Å². The molecule has 2 aliphatic rings. The smallest absolute Gasteiger partial charge is 0.254 e. The largest absolute Gasteiger partial charge is 0.457 e. The summed E-state index contributed by atoms with van der Waals surface area (Å²) in [5, 5.41) is 7.25. The van der Waals surface area contributed by atoms with Crippen LogP contribution in [-0.4, -0.2) is 76.1 Å². The normalized spacial score (nSPS) is 19.9. The number of aryl methyl sites for hydroxylation is 3.